The Bertz CT molecular complexity index is 534. The van der Waals surface area contributed by atoms with Gasteiger partial charge in [0, 0.05) is 17.5 Å². The van der Waals surface area contributed by atoms with Gasteiger partial charge >= 0.3 is 0 Å². The Morgan fingerprint density at radius 3 is 2.70 bits per heavy atom. The van der Waals surface area contributed by atoms with Gasteiger partial charge in [0.2, 0.25) is 5.91 Å². The monoisotopic (exact) mass is 291 g/mol. The van der Waals surface area contributed by atoms with Gasteiger partial charge in [-0.15, -0.1) is 0 Å². The second kappa shape index (κ2) is 7.15. The number of furan rings is 1. The maximum absolute atomic E-state index is 11.9. The van der Waals surface area contributed by atoms with Gasteiger partial charge in [-0.25, -0.2) is 0 Å². The second-order valence-corrected chi connectivity index (χ2v) is 5.33. The van der Waals surface area contributed by atoms with E-state index < -0.39 is 0 Å². The van der Waals surface area contributed by atoms with Crippen molar-refractivity contribution < 1.29 is 9.21 Å². The quantitative estimate of drug-likeness (QED) is 0.883. The lowest BCUT2D eigenvalue weighted by atomic mass is 10.1. The highest BCUT2D eigenvalue weighted by Gasteiger charge is 2.09. The fourth-order valence-electron chi connectivity index (χ4n) is 2.00. The highest BCUT2D eigenvalue weighted by molar-refractivity contribution is 6.30. The molecule has 2 rings (SSSR count). The van der Waals surface area contributed by atoms with E-state index in [-0.39, 0.29) is 11.9 Å². The molecule has 0 saturated carbocycles. The number of halogens is 1. The van der Waals surface area contributed by atoms with E-state index in [1.165, 1.54) is 0 Å². The molecule has 1 aromatic heterocycles. The summed E-state index contributed by atoms with van der Waals surface area (Å²) >= 11 is 5.81. The van der Waals surface area contributed by atoms with Crippen LogP contribution >= 0.6 is 11.6 Å². The van der Waals surface area contributed by atoms with E-state index in [1.807, 2.05) is 31.2 Å². The smallest absolute Gasteiger partial charge is 0.224 e. The Hall–Kier alpha value is -1.74. The van der Waals surface area contributed by atoms with Gasteiger partial charge in [-0.1, -0.05) is 23.7 Å². The molecule has 1 amide bonds. The second-order valence-electron chi connectivity index (χ2n) is 4.89. The molecule has 1 N–H and O–H groups in total. The Balaban J connectivity index is 1.74. The van der Waals surface area contributed by atoms with Gasteiger partial charge in [-0.3, -0.25) is 4.79 Å². The van der Waals surface area contributed by atoms with E-state index in [4.69, 9.17) is 16.0 Å². The Morgan fingerprint density at radius 2 is 2.05 bits per heavy atom. The zero-order valence-corrected chi connectivity index (χ0v) is 12.2. The summed E-state index contributed by atoms with van der Waals surface area (Å²) in [6, 6.07) is 11.3. The minimum absolute atomic E-state index is 0.0271. The largest absolute Gasteiger partial charge is 0.469 e. The van der Waals surface area contributed by atoms with Gasteiger partial charge < -0.3 is 9.73 Å². The van der Waals surface area contributed by atoms with Gasteiger partial charge in [0.25, 0.3) is 0 Å². The van der Waals surface area contributed by atoms with Gasteiger partial charge in [0.15, 0.2) is 0 Å². The number of aryl methyl sites for hydroxylation is 1. The molecule has 2 aromatic rings. The first-order valence-corrected chi connectivity index (χ1v) is 7.07. The lowest BCUT2D eigenvalue weighted by Gasteiger charge is -2.13. The van der Waals surface area contributed by atoms with Crippen molar-refractivity contribution in [2.45, 2.75) is 32.2 Å². The Morgan fingerprint density at radius 1 is 1.30 bits per heavy atom. The van der Waals surface area contributed by atoms with Gasteiger partial charge in [0.1, 0.15) is 5.76 Å². The van der Waals surface area contributed by atoms with Crippen LogP contribution in [0, 0.1) is 0 Å². The van der Waals surface area contributed by atoms with E-state index in [1.54, 1.807) is 18.4 Å². The molecule has 1 unspecified atom stereocenters. The van der Waals surface area contributed by atoms with Crippen LogP contribution in [0.1, 0.15) is 24.7 Å². The molecular formula is C16H18ClNO2. The van der Waals surface area contributed by atoms with Crippen molar-refractivity contribution in [2.24, 2.45) is 0 Å². The topological polar surface area (TPSA) is 42.2 Å². The third-order valence-electron chi connectivity index (χ3n) is 3.09. The van der Waals surface area contributed by atoms with Gasteiger partial charge in [-0.05, 0) is 43.2 Å². The molecule has 0 spiro atoms. The first-order chi connectivity index (χ1) is 9.63. The van der Waals surface area contributed by atoms with Crippen molar-refractivity contribution in [2.75, 3.05) is 0 Å². The summed E-state index contributed by atoms with van der Waals surface area (Å²) < 4.78 is 5.27. The van der Waals surface area contributed by atoms with Crippen molar-refractivity contribution >= 4 is 17.5 Å². The third kappa shape index (κ3) is 4.74. The molecule has 20 heavy (non-hydrogen) atoms. The molecule has 1 heterocycles. The summed E-state index contributed by atoms with van der Waals surface area (Å²) in [6.07, 6.45) is 3.73. The van der Waals surface area contributed by atoms with E-state index in [0.717, 1.165) is 24.2 Å². The maximum atomic E-state index is 11.9. The van der Waals surface area contributed by atoms with Crippen molar-refractivity contribution in [3.63, 3.8) is 0 Å². The highest BCUT2D eigenvalue weighted by atomic mass is 35.5. The van der Waals surface area contributed by atoms with Crippen LogP contribution in [0.15, 0.2) is 47.1 Å². The standard InChI is InChI=1S/C16H18ClNO2/c1-12(4-9-15-3-2-10-20-15)18-16(19)11-13-5-7-14(17)8-6-13/h2-3,5-8,10,12H,4,9,11H2,1H3,(H,18,19). The predicted octanol–water partition coefficient (Wildman–Crippen LogP) is 3.61. The number of carbonyl (C=O) groups is 1. The number of hydrogen-bond acceptors (Lipinski definition) is 2. The van der Waals surface area contributed by atoms with Crippen molar-refractivity contribution in [1.29, 1.82) is 0 Å². The minimum Gasteiger partial charge on any atom is -0.469 e. The summed E-state index contributed by atoms with van der Waals surface area (Å²) in [5, 5.41) is 3.67. The van der Waals surface area contributed by atoms with Crippen molar-refractivity contribution in [3.05, 3.63) is 59.0 Å². The maximum Gasteiger partial charge on any atom is 0.224 e. The number of hydrogen-bond donors (Lipinski definition) is 1. The molecule has 106 valence electrons. The SMILES string of the molecule is CC(CCc1ccco1)NC(=O)Cc1ccc(Cl)cc1. The summed E-state index contributed by atoms with van der Waals surface area (Å²) in [5.41, 5.74) is 0.963. The third-order valence-corrected chi connectivity index (χ3v) is 3.34. The average Bonchev–Trinajstić information content (AvgIpc) is 2.92. The zero-order valence-electron chi connectivity index (χ0n) is 11.4. The van der Waals surface area contributed by atoms with Crippen LogP contribution in [-0.4, -0.2) is 11.9 Å². The molecule has 1 aromatic carbocycles. The predicted molar refractivity (Wildman–Crippen MR) is 79.8 cm³/mol. The fraction of sp³-hybridized carbons (Fsp3) is 0.312. The van der Waals surface area contributed by atoms with Crippen LogP contribution in [0.25, 0.3) is 0 Å². The molecule has 4 heteroatoms. The van der Waals surface area contributed by atoms with Crippen LogP contribution in [-0.2, 0) is 17.6 Å². The van der Waals surface area contributed by atoms with Crippen LogP contribution < -0.4 is 5.32 Å². The van der Waals surface area contributed by atoms with Crippen LogP contribution in [0.3, 0.4) is 0 Å². The molecule has 0 fully saturated rings. The van der Waals surface area contributed by atoms with E-state index in [2.05, 4.69) is 5.32 Å². The Kier molecular flexibility index (Phi) is 5.24. The molecular weight excluding hydrogens is 274 g/mol. The summed E-state index contributed by atoms with van der Waals surface area (Å²) in [5.74, 6) is 0.975. The van der Waals surface area contributed by atoms with Crippen LogP contribution in [0.4, 0.5) is 0 Å². The molecule has 0 aliphatic rings. The fourth-order valence-corrected chi connectivity index (χ4v) is 2.13. The molecule has 1 atom stereocenters. The van der Waals surface area contributed by atoms with Crippen molar-refractivity contribution in [3.8, 4) is 0 Å². The van der Waals surface area contributed by atoms with Crippen molar-refractivity contribution in [1.82, 2.24) is 5.32 Å². The lowest BCUT2D eigenvalue weighted by Crippen LogP contribution is -2.34. The van der Waals surface area contributed by atoms with E-state index in [0.29, 0.717) is 11.4 Å². The number of benzene rings is 1. The lowest BCUT2D eigenvalue weighted by molar-refractivity contribution is -0.121. The number of nitrogens with one attached hydrogen (secondary N) is 1. The van der Waals surface area contributed by atoms with Crippen LogP contribution in [0.2, 0.25) is 5.02 Å². The first-order valence-electron chi connectivity index (χ1n) is 6.69. The average molecular weight is 292 g/mol. The van der Waals surface area contributed by atoms with Crippen LogP contribution in [0.5, 0.6) is 0 Å². The number of amides is 1. The molecule has 0 bridgehead atoms. The first kappa shape index (κ1) is 14.7. The summed E-state index contributed by atoms with van der Waals surface area (Å²) in [6.45, 7) is 2.00. The molecule has 0 radical (unpaired) electrons. The number of carbonyl (C=O) groups excluding carboxylic acids is 1. The zero-order chi connectivity index (χ0) is 14.4. The van der Waals surface area contributed by atoms with E-state index in [9.17, 15) is 4.79 Å². The highest BCUT2D eigenvalue weighted by Crippen LogP contribution is 2.10. The summed E-state index contributed by atoms with van der Waals surface area (Å²) in [7, 11) is 0. The van der Waals surface area contributed by atoms with Gasteiger partial charge in [-0.2, -0.15) is 0 Å². The summed E-state index contributed by atoms with van der Waals surface area (Å²) in [4.78, 5) is 11.9. The van der Waals surface area contributed by atoms with E-state index >= 15 is 0 Å². The Labute approximate surface area is 123 Å². The molecule has 0 saturated heterocycles. The number of rotatable bonds is 6. The molecule has 0 aliphatic carbocycles. The minimum atomic E-state index is 0.0271. The molecule has 3 nitrogen and oxygen atoms in total. The van der Waals surface area contributed by atoms with Gasteiger partial charge in [0.05, 0.1) is 12.7 Å². The molecule has 0 aliphatic heterocycles. The normalized spacial score (nSPS) is 12.1.